The molecule has 1 aromatic carbocycles. The summed E-state index contributed by atoms with van der Waals surface area (Å²) in [6.07, 6.45) is 0. The lowest BCUT2D eigenvalue weighted by atomic mass is 10.0. The first-order valence-electron chi connectivity index (χ1n) is 6.63. The van der Waals surface area contributed by atoms with Gasteiger partial charge in [-0.2, -0.15) is 0 Å². The summed E-state index contributed by atoms with van der Waals surface area (Å²) in [7, 11) is 0. The second-order valence-electron chi connectivity index (χ2n) is 4.79. The number of hydrogen-bond donors (Lipinski definition) is 0. The summed E-state index contributed by atoms with van der Waals surface area (Å²) in [4.78, 5) is 9.20. The van der Waals surface area contributed by atoms with Crippen molar-refractivity contribution in [2.24, 2.45) is 0 Å². The Hall–Kier alpha value is -2.48. The molecule has 0 bridgehead atoms. The predicted molar refractivity (Wildman–Crippen MR) is 81.2 cm³/mol. The molecule has 0 aliphatic rings. The number of pyridine rings is 2. The van der Waals surface area contributed by atoms with Gasteiger partial charge in [-0.05, 0) is 44.2 Å². The van der Waals surface area contributed by atoms with E-state index < -0.39 is 0 Å². The minimum absolute atomic E-state index is 0.934. The molecule has 0 aliphatic carbocycles. The van der Waals surface area contributed by atoms with Gasteiger partial charge >= 0.3 is 0 Å². The van der Waals surface area contributed by atoms with Crippen molar-refractivity contribution in [1.29, 1.82) is 0 Å². The fourth-order valence-electron chi connectivity index (χ4n) is 2.24. The van der Waals surface area contributed by atoms with Crippen LogP contribution >= 0.6 is 0 Å². The normalized spacial score (nSPS) is 10.5. The Morgan fingerprint density at radius 1 is 0.750 bits per heavy atom. The molecular formula is C18H15N2. The van der Waals surface area contributed by atoms with E-state index in [-0.39, 0.29) is 0 Å². The van der Waals surface area contributed by atoms with Gasteiger partial charge in [0.15, 0.2) is 0 Å². The Morgan fingerprint density at radius 3 is 2.10 bits per heavy atom. The highest BCUT2D eigenvalue weighted by molar-refractivity contribution is 5.79. The molecule has 2 aromatic heterocycles. The third-order valence-electron chi connectivity index (χ3n) is 3.16. The Labute approximate surface area is 119 Å². The maximum absolute atomic E-state index is 4.60. The minimum Gasteiger partial charge on any atom is -0.253 e. The summed E-state index contributed by atoms with van der Waals surface area (Å²) in [5.41, 5.74) is 5.96. The summed E-state index contributed by atoms with van der Waals surface area (Å²) < 4.78 is 0. The van der Waals surface area contributed by atoms with Crippen LogP contribution in [0.3, 0.4) is 0 Å². The third kappa shape index (κ3) is 2.45. The molecule has 2 nitrogen and oxygen atoms in total. The van der Waals surface area contributed by atoms with Crippen LogP contribution in [-0.2, 0) is 0 Å². The van der Waals surface area contributed by atoms with Crippen LogP contribution in [0.5, 0.6) is 0 Å². The third-order valence-corrected chi connectivity index (χ3v) is 3.16. The Morgan fingerprint density at radius 2 is 1.40 bits per heavy atom. The molecule has 0 N–H and O–H groups in total. The summed E-state index contributed by atoms with van der Waals surface area (Å²) in [5, 5.41) is 0. The topological polar surface area (TPSA) is 25.8 Å². The fraction of sp³-hybridized carbons (Fsp3) is 0.111. The number of nitrogens with zero attached hydrogens (tertiary/aromatic N) is 2. The van der Waals surface area contributed by atoms with E-state index in [1.165, 1.54) is 0 Å². The first-order valence-corrected chi connectivity index (χ1v) is 6.63. The number of rotatable bonds is 2. The maximum Gasteiger partial charge on any atom is 0.0718 e. The summed E-state index contributed by atoms with van der Waals surface area (Å²) in [6.45, 7) is 4.00. The standard InChI is InChI=1S/C18H15N2/c1-13-7-5-11-17(19-13)15-9-3-4-10-16(15)18-12-6-8-14(2)20-18/h3-9,11-12H,1-2H3. The number of benzene rings is 1. The molecule has 1 radical (unpaired) electrons. The quantitative estimate of drug-likeness (QED) is 0.688. The second kappa shape index (κ2) is 5.25. The van der Waals surface area contributed by atoms with Crippen molar-refractivity contribution in [2.75, 3.05) is 0 Å². The highest BCUT2D eigenvalue weighted by atomic mass is 14.7. The van der Waals surface area contributed by atoms with Gasteiger partial charge in [0.2, 0.25) is 0 Å². The van der Waals surface area contributed by atoms with Crippen LogP contribution in [0, 0.1) is 19.9 Å². The molecule has 0 saturated carbocycles. The van der Waals surface area contributed by atoms with Gasteiger partial charge in [-0.25, -0.2) is 0 Å². The van der Waals surface area contributed by atoms with Gasteiger partial charge < -0.3 is 0 Å². The number of hydrogen-bond acceptors (Lipinski definition) is 2. The smallest absolute Gasteiger partial charge is 0.0718 e. The van der Waals surface area contributed by atoms with Crippen molar-refractivity contribution in [3.05, 3.63) is 72.1 Å². The second-order valence-corrected chi connectivity index (χ2v) is 4.79. The zero-order chi connectivity index (χ0) is 13.9. The van der Waals surface area contributed by atoms with Crippen LogP contribution in [0.2, 0.25) is 0 Å². The lowest BCUT2D eigenvalue weighted by Gasteiger charge is -2.09. The van der Waals surface area contributed by atoms with Gasteiger partial charge in [0.05, 0.1) is 11.4 Å². The zero-order valence-corrected chi connectivity index (χ0v) is 11.6. The molecule has 0 amide bonds. The molecule has 0 saturated heterocycles. The Kier molecular flexibility index (Phi) is 3.30. The highest BCUT2D eigenvalue weighted by Crippen LogP contribution is 2.29. The zero-order valence-electron chi connectivity index (χ0n) is 11.6. The molecule has 2 heteroatoms. The number of aryl methyl sites for hydroxylation is 2. The summed E-state index contributed by atoms with van der Waals surface area (Å²) >= 11 is 0. The van der Waals surface area contributed by atoms with Gasteiger partial charge in [-0.15, -0.1) is 0 Å². The molecule has 20 heavy (non-hydrogen) atoms. The van der Waals surface area contributed by atoms with E-state index in [0.717, 1.165) is 33.9 Å². The average molecular weight is 259 g/mol. The molecule has 2 heterocycles. The van der Waals surface area contributed by atoms with Crippen LogP contribution in [-0.4, -0.2) is 9.97 Å². The summed E-state index contributed by atoms with van der Waals surface area (Å²) in [6, 6.07) is 21.3. The van der Waals surface area contributed by atoms with E-state index in [0.29, 0.717) is 0 Å². The minimum atomic E-state index is 0.934. The van der Waals surface area contributed by atoms with E-state index in [9.17, 15) is 0 Å². The van der Waals surface area contributed by atoms with E-state index >= 15 is 0 Å². The Balaban J connectivity index is 2.18. The average Bonchev–Trinajstić information content (AvgIpc) is 2.47. The highest BCUT2D eigenvalue weighted by Gasteiger charge is 2.09. The lowest BCUT2D eigenvalue weighted by Crippen LogP contribution is -1.92. The van der Waals surface area contributed by atoms with Crippen molar-refractivity contribution < 1.29 is 0 Å². The van der Waals surface area contributed by atoms with Crippen LogP contribution in [0.15, 0.2) is 54.6 Å². The van der Waals surface area contributed by atoms with E-state index in [4.69, 9.17) is 0 Å². The predicted octanol–water partition coefficient (Wildman–Crippen LogP) is 4.23. The SMILES string of the molecule is Cc1cccc(-c2[c]cccc2-c2cccc(C)n2)n1. The van der Waals surface area contributed by atoms with Crippen molar-refractivity contribution in [3.8, 4) is 22.5 Å². The van der Waals surface area contributed by atoms with Crippen LogP contribution < -0.4 is 0 Å². The van der Waals surface area contributed by atoms with Gasteiger partial charge in [0.1, 0.15) is 0 Å². The van der Waals surface area contributed by atoms with E-state index in [1.54, 1.807) is 0 Å². The van der Waals surface area contributed by atoms with Crippen molar-refractivity contribution in [2.45, 2.75) is 13.8 Å². The van der Waals surface area contributed by atoms with Gasteiger partial charge in [-0.1, -0.05) is 30.3 Å². The van der Waals surface area contributed by atoms with Crippen molar-refractivity contribution in [1.82, 2.24) is 9.97 Å². The molecular weight excluding hydrogens is 244 g/mol. The van der Waals surface area contributed by atoms with Gasteiger partial charge in [0.25, 0.3) is 0 Å². The van der Waals surface area contributed by atoms with E-state index in [1.807, 2.05) is 62.4 Å². The van der Waals surface area contributed by atoms with Crippen LogP contribution in [0.4, 0.5) is 0 Å². The van der Waals surface area contributed by atoms with Crippen molar-refractivity contribution in [3.63, 3.8) is 0 Å². The summed E-state index contributed by atoms with van der Waals surface area (Å²) in [5.74, 6) is 0. The molecule has 0 aliphatic heterocycles. The molecule has 0 unspecified atom stereocenters. The molecule has 0 spiro atoms. The van der Waals surface area contributed by atoms with Crippen LogP contribution in [0.25, 0.3) is 22.5 Å². The monoisotopic (exact) mass is 259 g/mol. The van der Waals surface area contributed by atoms with Gasteiger partial charge in [-0.3, -0.25) is 9.97 Å². The fourth-order valence-corrected chi connectivity index (χ4v) is 2.24. The molecule has 3 aromatic rings. The molecule has 3 rings (SSSR count). The lowest BCUT2D eigenvalue weighted by molar-refractivity contribution is 1.19. The first-order chi connectivity index (χ1) is 9.74. The van der Waals surface area contributed by atoms with Gasteiger partial charge in [0, 0.05) is 22.5 Å². The first kappa shape index (κ1) is 12.5. The van der Waals surface area contributed by atoms with Crippen molar-refractivity contribution >= 4 is 0 Å². The Bertz CT molecular complexity index is 683. The molecule has 0 fully saturated rings. The molecule has 97 valence electrons. The van der Waals surface area contributed by atoms with E-state index in [2.05, 4.69) is 22.1 Å². The van der Waals surface area contributed by atoms with Crippen LogP contribution in [0.1, 0.15) is 11.4 Å². The molecule has 0 atom stereocenters. The largest absolute Gasteiger partial charge is 0.253 e. The maximum atomic E-state index is 4.60. The number of aromatic nitrogens is 2.